The van der Waals surface area contributed by atoms with Gasteiger partial charge in [-0.2, -0.15) is 0 Å². The predicted octanol–water partition coefficient (Wildman–Crippen LogP) is 6.49. The number of benzene rings is 2. The monoisotopic (exact) mass is 485 g/mol. The van der Waals surface area contributed by atoms with Gasteiger partial charge in [0.05, 0.1) is 17.7 Å². The van der Waals surface area contributed by atoms with E-state index in [2.05, 4.69) is 41.7 Å². The van der Waals surface area contributed by atoms with E-state index in [9.17, 15) is 4.79 Å². The molecule has 2 aromatic rings. The van der Waals surface area contributed by atoms with Gasteiger partial charge in [-0.05, 0) is 76.7 Å². The standard InChI is InChI=1S/C25H28BrNO4/c1-5-7-12-30-23-20(26)13-17(15-22(23)29-6-2)14-21-25(28)31-24(27-21)19-10-8-18(9-11-19)16(3)4/h8-11,13-16H,5-7,12H2,1-4H3/b21-14-. The molecule has 2 aromatic carbocycles. The Bertz CT molecular complexity index is 993. The number of esters is 1. The average Bonchev–Trinajstić information content (AvgIpc) is 3.10. The van der Waals surface area contributed by atoms with Crippen molar-refractivity contribution in [1.29, 1.82) is 0 Å². The number of ether oxygens (including phenoxy) is 3. The molecule has 31 heavy (non-hydrogen) atoms. The van der Waals surface area contributed by atoms with E-state index in [1.165, 1.54) is 5.56 Å². The molecule has 0 aliphatic carbocycles. The van der Waals surface area contributed by atoms with Gasteiger partial charge in [-0.15, -0.1) is 0 Å². The van der Waals surface area contributed by atoms with Gasteiger partial charge in [0.1, 0.15) is 0 Å². The van der Waals surface area contributed by atoms with Crippen LogP contribution in [0, 0.1) is 0 Å². The summed E-state index contributed by atoms with van der Waals surface area (Å²) in [7, 11) is 0. The lowest BCUT2D eigenvalue weighted by Gasteiger charge is -2.14. The minimum atomic E-state index is -0.472. The Hall–Kier alpha value is -2.60. The molecule has 0 unspecified atom stereocenters. The lowest BCUT2D eigenvalue weighted by molar-refractivity contribution is -0.129. The Kier molecular flexibility index (Phi) is 7.91. The maximum atomic E-state index is 12.4. The molecule has 0 aromatic heterocycles. The topological polar surface area (TPSA) is 57.1 Å². The zero-order chi connectivity index (χ0) is 22.4. The van der Waals surface area contributed by atoms with Crippen molar-refractivity contribution in [3.05, 3.63) is 63.3 Å². The highest BCUT2D eigenvalue weighted by Crippen LogP contribution is 2.38. The normalized spacial score (nSPS) is 14.7. The fourth-order valence-corrected chi connectivity index (χ4v) is 3.67. The third-order valence-electron chi connectivity index (χ3n) is 4.82. The Morgan fingerprint density at radius 3 is 2.52 bits per heavy atom. The van der Waals surface area contributed by atoms with Crippen molar-refractivity contribution in [2.75, 3.05) is 13.2 Å². The molecule has 1 heterocycles. The van der Waals surface area contributed by atoms with Gasteiger partial charge in [0.2, 0.25) is 5.90 Å². The van der Waals surface area contributed by atoms with Crippen LogP contribution in [0.5, 0.6) is 11.5 Å². The lowest BCUT2D eigenvalue weighted by Crippen LogP contribution is -2.05. The Morgan fingerprint density at radius 1 is 1.13 bits per heavy atom. The van der Waals surface area contributed by atoms with E-state index in [-0.39, 0.29) is 5.70 Å². The van der Waals surface area contributed by atoms with Crippen LogP contribution in [0.4, 0.5) is 0 Å². The number of aliphatic imine (C=N–C) groups is 1. The molecule has 6 heteroatoms. The number of halogens is 1. The van der Waals surface area contributed by atoms with E-state index in [0.717, 1.165) is 28.4 Å². The first-order valence-corrected chi connectivity index (χ1v) is 11.4. The molecule has 0 amide bonds. The van der Waals surface area contributed by atoms with Gasteiger partial charge < -0.3 is 14.2 Å². The maximum absolute atomic E-state index is 12.4. The highest BCUT2D eigenvalue weighted by molar-refractivity contribution is 9.10. The zero-order valence-corrected chi connectivity index (χ0v) is 20.0. The van der Waals surface area contributed by atoms with Gasteiger partial charge in [0, 0.05) is 5.56 Å². The van der Waals surface area contributed by atoms with E-state index < -0.39 is 5.97 Å². The van der Waals surface area contributed by atoms with Gasteiger partial charge in [0.15, 0.2) is 17.2 Å². The van der Waals surface area contributed by atoms with Gasteiger partial charge in [-0.1, -0.05) is 39.3 Å². The largest absolute Gasteiger partial charge is 0.490 e. The maximum Gasteiger partial charge on any atom is 0.363 e. The number of cyclic esters (lactones) is 1. The summed E-state index contributed by atoms with van der Waals surface area (Å²) in [5, 5.41) is 0. The minimum Gasteiger partial charge on any atom is -0.490 e. The minimum absolute atomic E-state index is 0.247. The molecule has 0 bridgehead atoms. The highest BCUT2D eigenvalue weighted by Gasteiger charge is 2.24. The third kappa shape index (κ3) is 5.76. The summed E-state index contributed by atoms with van der Waals surface area (Å²) in [6.45, 7) is 9.43. The van der Waals surface area contributed by atoms with Gasteiger partial charge in [0.25, 0.3) is 0 Å². The zero-order valence-electron chi connectivity index (χ0n) is 18.4. The molecule has 0 atom stereocenters. The van der Waals surface area contributed by atoms with Crippen molar-refractivity contribution < 1.29 is 19.0 Å². The van der Waals surface area contributed by atoms with Crippen LogP contribution in [-0.2, 0) is 9.53 Å². The van der Waals surface area contributed by atoms with Crippen LogP contribution in [-0.4, -0.2) is 25.1 Å². The number of hydrogen-bond donors (Lipinski definition) is 0. The lowest BCUT2D eigenvalue weighted by atomic mass is 10.0. The van der Waals surface area contributed by atoms with E-state index in [1.54, 1.807) is 6.08 Å². The van der Waals surface area contributed by atoms with E-state index in [0.29, 0.717) is 36.5 Å². The van der Waals surface area contributed by atoms with E-state index in [1.807, 2.05) is 43.3 Å². The summed E-state index contributed by atoms with van der Waals surface area (Å²) in [6.07, 6.45) is 3.71. The van der Waals surface area contributed by atoms with Crippen molar-refractivity contribution in [2.24, 2.45) is 4.99 Å². The fraction of sp³-hybridized carbons (Fsp3) is 0.360. The Morgan fingerprint density at radius 2 is 1.87 bits per heavy atom. The average molecular weight is 486 g/mol. The highest BCUT2D eigenvalue weighted by atomic mass is 79.9. The van der Waals surface area contributed by atoms with Crippen molar-refractivity contribution >= 4 is 33.9 Å². The van der Waals surface area contributed by atoms with Crippen LogP contribution in [0.15, 0.2) is 51.6 Å². The molecule has 0 spiro atoms. The molecule has 0 N–H and O–H groups in total. The van der Waals surface area contributed by atoms with Crippen molar-refractivity contribution in [3.63, 3.8) is 0 Å². The van der Waals surface area contributed by atoms with Crippen LogP contribution < -0.4 is 9.47 Å². The van der Waals surface area contributed by atoms with Crippen molar-refractivity contribution in [1.82, 2.24) is 0 Å². The van der Waals surface area contributed by atoms with Gasteiger partial charge >= 0.3 is 5.97 Å². The molecule has 0 saturated heterocycles. The molecular formula is C25H28BrNO4. The van der Waals surface area contributed by atoms with Crippen molar-refractivity contribution in [3.8, 4) is 11.5 Å². The number of nitrogens with zero attached hydrogens (tertiary/aromatic N) is 1. The molecule has 0 saturated carbocycles. The molecule has 1 aliphatic heterocycles. The summed E-state index contributed by atoms with van der Waals surface area (Å²) >= 11 is 3.57. The molecule has 0 radical (unpaired) electrons. The van der Waals surface area contributed by atoms with E-state index >= 15 is 0 Å². The molecule has 3 rings (SSSR count). The molecule has 164 valence electrons. The van der Waals surface area contributed by atoms with Gasteiger partial charge in [-0.25, -0.2) is 9.79 Å². The van der Waals surface area contributed by atoms with Crippen LogP contribution >= 0.6 is 15.9 Å². The fourth-order valence-electron chi connectivity index (χ4n) is 3.09. The van der Waals surface area contributed by atoms with Crippen LogP contribution in [0.25, 0.3) is 6.08 Å². The molecule has 5 nitrogen and oxygen atoms in total. The first kappa shape index (κ1) is 23.1. The van der Waals surface area contributed by atoms with Crippen molar-refractivity contribution in [2.45, 2.75) is 46.5 Å². The second-order valence-corrected chi connectivity index (χ2v) is 8.43. The third-order valence-corrected chi connectivity index (χ3v) is 5.41. The van der Waals surface area contributed by atoms with Crippen LogP contribution in [0.2, 0.25) is 0 Å². The second kappa shape index (κ2) is 10.6. The number of carbonyl (C=O) groups excluding carboxylic acids is 1. The van der Waals surface area contributed by atoms with Gasteiger partial charge in [-0.3, -0.25) is 0 Å². The summed E-state index contributed by atoms with van der Waals surface area (Å²) < 4.78 is 17.8. The summed E-state index contributed by atoms with van der Waals surface area (Å²) in [5.41, 5.74) is 3.01. The quantitative estimate of drug-likeness (QED) is 0.231. The van der Waals surface area contributed by atoms with Crippen LogP contribution in [0.3, 0.4) is 0 Å². The summed E-state index contributed by atoms with van der Waals surface area (Å²) in [5.74, 6) is 1.57. The summed E-state index contributed by atoms with van der Waals surface area (Å²) in [6, 6.07) is 11.6. The number of rotatable bonds is 9. The SMILES string of the molecule is CCCCOc1c(Br)cc(/C=C2\N=C(c3ccc(C(C)C)cc3)OC2=O)cc1OCC. The predicted molar refractivity (Wildman–Crippen MR) is 127 cm³/mol. The summed E-state index contributed by atoms with van der Waals surface area (Å²) in [4.78, 5) is 16.8. The van der Waals surface area contributed by atoms with Crippen LogP contribution in [0.1, 0.15) is 63.1 Å². The Labute approximate surface area is 192 Å². The first-order chi connectivity index (χ1) is 14.9. The molecule has 0 fully saturated rings. The first-order valence-electron chi connectivity index (χ1n) is 10.6. The number of unbranched alkanes of at least 4 members (excludes halogenated alkanes) is 1. The molecule has 1 aliphatic rings. The smallest absolute Gasteiger partial charge is 0.363 e. The second-order valence-electron chi connectivity index (χ2n) is 7.58. The van der Waals surface area contributed by atoms with E-state index in [4.69, 9.17) is 14.2 Å². The molecular weight excluding hydrogens is 458 g/mol. The number of hydrogen-bond acceptors (Lipinski definition) is 5. The number of carbonyl (C=O) groups is 1. The Balaban J connectivity index is 1.88.